The molecule has 1 saturated heterocycles. The highest BCUT2D eigenvalue weighted by atomic mass is 35.5. The Kier molecular flexibility index (Phi) is 7.29. The van der Waals surface area contributed by atoms with Crippen molar-refractivity contribution >= 4 is 23.5 Å². The van der Waals surface area contributed by atoms with Crippen molar-refractivity contribution in [2.75, 3.05) is 19.7 Å². The Balaban J connectivity index is 1.49. The second kappa shape index (κ2) is 10.6. The lowest BCUT2D eigenvalue weighted by Gasteiger charge is -2.37. The van der Waals surface area contributed by atoms with Crippen LogP contribution in [-0.4, -0.2) is 52.3 Å². The highest BCUT2D eigenvalue weighted by Crippen LogP contribution is 2.45. The monoisotopic (exact) mass is 519 g/mol. The first-order valence-electron chi connectivity index (χ1n) is 12.5. The first-order chi connectivity index (χ1) is 17.9. The van der Waals surface area contributed by atoms with Crippen molar-refractivity contribution < 1.29 is 19.1 Å². The van der Waals surface area contributed by atoms with Gasteiger partial charge in [-0.3, -0.25) is 9.69 Å². The lowest BCUT2D eigenvalue weighted by molar-refractivity contribution is 0.112. The average molecular weight is 520 g/mol. The van der Waals surface area contributed by atoms with E-state index in [4.69, 9.17) is 20.8 Å². The van der Waals surface area contributed by atoms with Crippen LogP contribution in [0.15, 0.2) is 65.1 Å². The normalized spacial score (nSPS) is 23.7. The van der Waals surface area contributed by atoms with Gasteiger partial charge in [-0.2, -0.15) is 0 Å². The molecule has 0 amide bonds. The van der Waals surface area contributed by atoms with E-state index in [1.165, 1.54) is 5.56 Å². The Hall–Kier alpha value is -3.26. The number of halogens is 1. The number of likely N-dealkylation sites (tertiary alicyclic amines) is 1. The van der Waals surface area contributed by atoms with Gasteiger partial charge in [0.2, 0.25) is 11.8 Å². The molecule has 2 unspecified atom stereocenters. The lowest BCUT2D eigenvalue weighted by atomic mass is 9.68. The highest BCUT2D eigenvalue weighted by molar-refractivity contribution is 6.32. The molecule has 0 radical (unpaired) electrons. The van der Waals surface area contributed by atoms with Crippen LogP contribution in [0.4, 0.5) is 0 Å². The van der Waals surface area contributed by atoms with Crippen LogP contribution in [0, 0.1) is 12.8 Å². The maximum atomic E-state index is 11.1. The number of aryl methyl sites for hydroxylation is 1. The molecule has 5 rings (SSSR count). The van der Waals surface area contributed by atoms with Gasteiger partial charge >= 0.3 is 0 Å². The first-order valence-corrected chi connectivity index (χ1v) is 12.8. The summed E-state index contributed by atoms with van der Waals surface area (Å²) in [6.07, 6.45) is 7.38. The lowest BCUT2D eigenvalue weighted by Crippen LogP contribution is -2.40. The molecule has 7 nitrogen and oxygen atoms in total. The third kappa shape index (κ3) is 5.12. The molecule has 3 aromatic rings. The number of carbonyl (C=O) groups excluding carboxylic acids is 1. The second-order valence-corrected chi connectivity index (χ2v) is 10.2. The molecular weight excluding hydrogens is 490 g/mol. The molecule has 2 aliphatic rings. The highest BCUT2D eigenvalue weighted by Gasteiger charge is 2.45. The van der Waals surface area contributed by atoms with Gasteiger partial charge in [0.15, 0.2) is 0 Å². The van der Waals surface area contributed by atoms with E-state index in [1.54, 1.807) is 18.2 Å². The molecule has 2 aromatic carbocycles. The number of β-amino-alcohol motifs (C(OH)–C–C–N with tert-alkyl or cyclic N) is 1. The van der Waals surface area contributed by atoms with E-state index in [1.807, 2.05) is 18.2 Å². The number of aliphatic hydroxyl groups excluding tert-OH is 1. The molecule has 0 spiro atoms. The van der Waals surface area contributed by atoms with Gasteiger partial charge in [-0.05, 0) is 48.2 Å². The van der Waals surface area contributed by atoms with Crippen molar-refractivity contribution in [1.29, 1.82) is 0 Å². The summed E-state index contributed by atoms with van der Waals surface area (Å²) in [6, 6.07) is 13.3. The number of nitrogens with zero attached hydrogens (tertiary/aromatic N) is 3. The Morgan fingerprint density at radius 2 is 2.11 bits per heavy atom. The Labute approximate surface area is 221 Å². The molecule has 8 heteroatoms. The van der Waals surface area contributed by atoms with Crippen LogP contribution in [0.2, 0.25) is 5.02 Å². The summed E-state index contributed by atoms with van der Waals surface area (Å²) in [5.41, 5.74) is 3.21. The summed E-state index contributed by atoms with van der Waals surface area (Å²) in [5.74, 6) is 1.38. The summed E-state index contributed by atoms with van der Waals surface area (Å²) < 4.78 is 12.6. The van der Waals surface area contributed by atoms with E-state index in [-0.39, 0.29) is 18.6 Å². The first kappa shape index (κ1) is 25.4. The van der Waals surface area contributed by atoms with E-state index in [0.717, 1.165) is 30.4 Å². The fraction of sp³-hybridized carbons (Fsp3) is 0.345. The van der Waals surface area contributed by atoms with Crippen molar-refractivity contribution in [2.24, 2.45) is 5.92 Å². The SMILES string of the molecule is Cc1ccccc1C1=CC=CC(COc2ccc(C=O)cc2Cl)(c2nnc(CN3CCC(O)C3)o2)[C@@H]1C. The molecule has 2 heterocycles. The number of aldehydes is 1. The van der Waals surface area contributed by atoms with Crippen LogP contribution in [0.1, 0.15) is 46.6 Å². The zero-order valence-electron chi connectivity index (χ0n) is 20.9. The number of aromatic nitrogens is 2. The van der Waals surface area contributed by atoms with Gasteiger partial charge in [0.05, 0.1) is 17.7 Å². The van der Waals surface area contributed by atoms with Crippen molar-refractivity contribution in [2.45, 2.75) is 38.3 Å². The van der Waals surface area contributed by atoms with E-state index in [0.29, 0.717) is 41.2 Å². The van der Waals surface area contributed by atoms with Crippen LogP contribution in [0.5, 0.6) is 5.75 Å². The van der Waals surface area contributed by atoms with Gasteiger partial charge < -0.3 is 14.3 Å². The van der Waals surface area contributed by atoms with Crippen molar-refractivity contribution in [3.8, 4) is 5.75 Å². The predicted molar refractivity (Wildman–Crippen MR) is 142 cm³/mol. The molecule has 1 aliphatic carbocycles. The van der Waals surface area contributed by atoms with Gasteiger partial charge in [0.25, 0.3) is 0 Å². The van der Waals surface area contributed by atoms with Crippen LogP contribution in [-0.2, 0) is 12.0 Å². The van der Waals surface area contributed by atoms with Gasteiger partial charge in [-0.1, -0.05) is 61.0 Å². The Morgan fingerprint density at radius 3 is 2.84 bits per heavy atom. The second-order valence-electron chi connectivity index (χ2n) is 9.83. The topological polar surface area (TPSA) is 88.7 Å². The number of allylic oxidation sites excluding steroid dienone is 3. The fourth-order valence-corrected chi connectivity index (χ4v) is 5.40. The minimum Gasteiger partial charge on any atom is -0.491 e. The van der Waals surface area contributed by atoms with Gasteiger partial charge in [-0.15, -0.1) is 10.2 Å². The molecule has 3 atom stereocenters. The molecule has 0 bridgehead atoms. The molecule has 37 heavy (non-hydrogen) atoms. The number of rotatable bonds is 8. The molecule has 1 N–H and O–H groups in total. The van der Waals surface area contributed by atoms with Crippen molar-refractivity contribution in [3.63, 3.8) is 0 Å². The van der Waals surface area contributed by atoms with E-state index in [2.05, 4.69) is 53.2 Å². The third-order valence-corrected chi connectivity index (χ3v) is 7.69. The quantitative estimate of drug-likeness (QED) is 0.418. The number of hydrogen-bond acceptors (Lipinski definition) is 7. The van der Waals surface area contributed by atoms with Crippen molar-refractivity contribution in [3.05, 3.63) is 94.2 Å². The standard InChI is InChI=1S/C29H30ClN3O4/c1-19-6-3-4-7-23(19)24-8-5-12-29(20(24)2,18-36-26-10-9-21(17-34)14-25(26)30)28-32-31-27(37-28)16-33-13-11-22(35)15-33/h3-10,12,14,17,20,22,35H,11,13,15-16,18H2,1-2H3/t20-,22?,29?/m1/s1. The van der Waals surface area contributed by atoms with Crippen LogP contribution >= 0.6 is 11.6 Å². The summed E-state index contributed by atoms with van der Waals surface area (Å²) in [7, 11) is 0. The Bertz CT molecular complexity index is 1350. The van der Waals surface area contributed by atoms with Gasteiger partial charge in [-0.25, -0.2) is 0 Å². The van der Waals surface area contributed by atoms with Crippen LogP contribution in [0.3, 0.4) is 0 Å². The van der Waals surface area contributed by atoms with Gasteiger partial charge in [0.1, 0.15) is 24.1 Å². The summed E-state index contributed by atoms with van der Waals surface area (Å²) >= 11 is 6.42. The minimum absolute atomic E-state index is 0.0615. The fourth-order valence-electron chi connectivity index (χ4n) is 5.16. The van der Waals surface area contributed by atoms with Crippen molar-refractivity contribution in [1.82, 2.24) is 15.1 Å². The molecular formula is C29H30ClN3O4. The van der Waals surface area contributed by atoms with Crippen LogP contribution in [0.25, 0.3) is 5.57 Å². The number of ether oxygens (including phenoxy) is 1. The summed E-state index contributed by atoms with van der Waals surface area (Å²) in [5, 5.41) is 19.1. The molecule has 1 fully saturated rings. The molecule has 0 saturated carbocycles. The van der Waals surface area contributed by atoms with E-state index < -0.39 is 5.41 Å². The number of hydrogen-bond donors (Lipinski definition) is 1. The summed E-state index contributed by atoms with van der Waals surface area (Å²) in [4.78, 5) is 13.2. The third-order valence-electron chi connectivity index (χ3n) is 7.39. The number of benzene rings is 2. The minimum atomic E-state index is -0.755. The molecule has 192 valence electrons. The maximum absolute atomic E-state index is 11.1. The zero-order chi connectivity index (χ0) is 26.0. The van der Waals surface area contributed by atoms with E-state index in [9.17, 15) is 9.90 Å². The molecule has 1 aliphatic heterocycles. The predicted octanol–water partition coefficient (Wildman–Crippen LogP) is 5.02. The number of aliphatic hydroxyl groups is 1. The van der Waals surface area contributed by atoms with Crippen LogP contribution < -0.4 is 4.74 Å². The summed E-state index contributed by atoms with van der Waals surface area (Å²) in [6.45, 7) is 6.32. The van der Waals surface area contributed by atoms with E-state index >= 15 is 0 Å². The molecule has 1 aromatic heterocycles. The average Bonchev–Trinajstić information content (AvgIpc) is 3.54. The maximum Gasteiger partial charge on any atom is 0.230 e. The number of carbonyl (C=O) groups is 1. The van der Waals surface area contributed by atoms with Gasteiger partial charge in [0, 0.05) is 24.6 Å². The smallest absolute Gasteiger partial charge is 0.230 e. The Morgan fingerprint density at radius 1 is 1.27 bits per heavy atom. The zero-order valence-corrected chi connectivity index (χ0v) is 21.7. The largest absolute Gasteiger partial charge is 0.491 e.